The average Bonchev–Trinajstić information content (AvgIpc) is 2.84. The number of anilines is 2. The van der Waals surface area contributed by atoms with Crippen LogP contribution in [0.3, 0.4) is 0 Å². The molecular weight excluding hydrogens is 310 g/mol. The SMILES string of the molecule is COc1ccccc1C(=O)N1c2ccccc2C=Cc2ccccc21. The van der Waals surface area contributed by atoms with Gasteiger partial charge in [-0.1, -0.05) is 60.7 Å². The molecule has 0 unspecified atom stereocenters. The Labute approximate surface area is 146 Å². The van der Waals surface area contributed by atoms with Crippen molar-refractivity contribution in [3.63, 3.8) is 0 Å². The van der Waals surface area contributed by atoms with Gasteiger partial charge in [-0.2, -0.15) is 0 Å². The third-order valence-electron chi connectivity index (χ3n) is 4.34. The van der Waals surface area contributed by atoms with Crippen LogP contribution in [-0.2, 0) is 0 Å². The molecule has 3 aromatic rings. The minimum Gasteiger partial charge on any atom is -0.496 e. The van der Waals surface area contributed by atoms with Gasteiger partial charge in [-0.15, -0.1) is 0 Å². The molecule has 3 heteroatoms. The number of amides is 1. The van der Waals surface area contributed by atoms with Crippen LogP contribution in [-0.4, -0.2) is 13.0 Å². The lowest BCUT2D eigenvalue weighted by molar-refractivity contribution is 0.0996. The van der Waals surface area contributed by atoms with Crippen LogP contribution < -0.4 is 9.64 Å². The summed E-state index contributed by atoms with van der Waals surface area (Å²) < 4.78 is 5.40. The van der Waals surface area contributed by atoms with E-state index in [1.807, 2.05) is 72.8 Å². The first-order valence-corrected chi connectivity index (χ1v) is 8.13. The van der Waals surface area contributed by atoms with Crippen molar-refractivity contribution in [2.45, 2.75) is 0 Å². The van der Waals surface area contributed by atoms with E-state index in [4.69, 9.17) is 4.74 Å². The van der Waals surface area contributed by atoms with E-state index in [0.717, 1.165) is 22.5 Å². The number of hydrogen-bond acceptors (Lipinski definition) is 2. The topological polar surface area (TPSA) is 29.5 Å². The Hall–Kier alpha value is -3.33. The van der Waals surface area contributed by atoms with E-state index in [-0.39, 0.29) is 5.91 Å². The van der Waals surface area contributed by atoms with Crippen LogP contribution in [0, 0.1) is 0 Å². The highest BCUT2D eigenvalue weighted by Crippen LogP contribution is 2.38. The van der Waals surface area contributed by atoms with E-state index >= 15 is 0 Å². The number of carbonyl (C=O) groups excluding carboxylic acids is 1. The molecule has 0 radical (unpaired) electrons. The Kier molecular flexibility index (Phi) is 3.82. The van der Waals surface area contributed by atoms with Crippen molar-refractivity contribution in [2.24, 2.45) is 0 Å². The molecule has 0 saturated carbocycles. The van der Waals surface area contributed by atoms with Gasteiger partial charge in [0, 0.05) is 0 Å². The predicted octanol–water partition coefficient (Wildman–Crippen LogP) is 5.16. The van der Waals surface area contributed by atoms with Gasteiger partial charge in [-0.3, -0.25) is 9.69 Å². The van der Waals surface area contributed by atoms with Crippen LogP contribution in [0.5, 0.6) is 5.75 Å². The number of ether oxygens (including phenoxy) is 1. The van der Waals surface area contributed by atoms with E-state index in [1.54, 1.807) is 24.1 Å². The highest BCUT2D eigenvalue weighted by molar-refractivity contribution is 6.15. The van der Waals surface area contributed by atoms with Crippen molar-refractivity contribution in [2.75, 3.05) is 12.0 Å². The fraction of sp³-hybridized carbons (Fsp3) is 0.0455. The number of carbonyl (C=O) groups is 1. The molecule has 0 bridgehead atoms. The second-order valence-corrected chi connectivity index (χ2v) is 5.79. The zero-order chi connectivity index (χ0) is 17.2. The number of benzene rings is 3. The van der Waals surface area contributed by atoms with Crippen molar-refractivity contribution in [1.29, 1.82) is 0 Å². The summed E-state index contributed by atoms with van der Waals surface area (Å²) in [4.78, 5) is 15.2. The fourth-order valence-corrected chi connectivity index (χ4v) is 3.13. The number of hydrogen-bond donors (Lipinski definition) is 0. The molecular formula is C22H17NO2. The summed E-state index contributed by atoms with van der Waals surface area (Å²) in [5.74, 6) is 0.459. The van der Waals surface area contributed by atoms with E-state index in [2.05, 4.69) is 0 Å². The van der Waals surface area contributed by atoms with Gasteiger partial charge in [0.15, 0.2) is 0 Å². The molecule has 1 amide bonds. The molecule has 1 aliphatic rings. The third kappa shape index (κ3) is 2.60. The lowest BCUT2D eigenvalue weighted by Crippen LogP contribution is -2.27. The molecule has 0 aromatic heterocycles. The molecule has 0 fully saturated rings. The smallest absolute Gasteiger partial charge is 0.266 e. The molecule has 0 atom stereocenters. The summed E-state index contributed by atoms with van der Waals surface area (Å²) in [7, 11) is 1.58. The molecule has 0 spiro atoms. The molecule has 122 valence electrons. The highest BCUT2D eigenvalue weighted by atomic mass is 16.5. The van der Waals surface area contributed by atoms with E-state index < -0.39 is 0 Å². The van der Waals surface area contributed by atoms with Crippen LogP contribution in [0.25, 0.3) is 12.2 Å². The Balaban J connectivity index is 1.94. The van der Waals surface area contributed by atoms with Crippen LogP contribution in [0.1, 0.15) is 21.5 Å². The predicted molar refractivity (Wildman–Crippen MR) is 101 cm³/mol. The third-order valence-corrected chi connectivity index (χ3v) is 4.34. The maximum atomic E-state index is 13.5. The van der Waals surface area contributed by atoms with E-state index in [1.165, 1.54) is 0 Å². The second kappa shape index (κ2) is 6.29. The van der Waals surface area contributed by atoms with Gasteiger partial charge < -0.3 is 4.74 Å². The number of para-hydroxylation sites is 3. The molecule has 0 saturated heterocycles. The Morgan fingerprint density at radius 2 is 1.28 bits per heavy atom. The van der Waals surface area contributed by atoms with Gasteiger partial charge in [0.25, 0.3) is 5.91 Å². The minimum atomic E-state index is -0.110. The van der Waals surface area contributed by atoms with Crippen molar-refractivity contribution in [3.05, 3.63) is 89.5 Å². The lowest BCUT2D eigenvalue weighted by atomic mass is 10.1. The number of rotatable bonds is 2. The highest BCUT2D eigenvalue weighted by Gasteiger charge is 2.26. The maximum absolute atomic E-state index is 13.5. The first-order chi connectivity index (χ1) is 12.3. The average molecular weight is 327 g/mol. The van der Waals surface area contributed by atoms with Crippen LogP contribution in [0.2, 0.25) is 0 Å². The summed E-state index contributed by atoms with van der Waals surface area (Å²) in [6, 6.07) is 23.1. The van der Waals surface area contributed by atoms with E-state index in [0.29, 0.717) is 11.3 Å². The Morgan fingerprint density at radius 3 is 1.88 bits per heavy atom. The molecule has 3 nitrogen and oxygen atoms in total. The van der Waals surface area contributed by atoms with Crippen LogP contribution in [0.4, 0.5) is 11.4 Å². The lowest BCUT2D eigenvalue weighted by Gasteiger charge is -2.25. The monoisotopic (exact) mass is 327 g/mol. The summed E-state index contributed by atoms with van der Waals surface area (Å²) in [6.45, 7) is 0. The summed E-state index contributed by atoms with van der Waals surface area (Å²) in [5, 5.41) is 0. The number of methoxy groups -OCH3 is 1. The minimum absolute atomic E-state index is 0.110. The van der Waals surface area contributed by atoms with Crippen LogP contribution in [0.15, 0.2) is 72.8 Å². The quantitative estimate of drug-likeness (QED) is 0.651. The van der Waals surface area contributed by atoms with Crippen LogP contribution >= 0.6 is 0 Å². The second-order valence-electron chi connectivity index (χ2n) is 5.79. The first-order valence-electron chi connectivity index (χ1n) is 8.13. The molecule has 4 rings (SSSR count). The van der Waals surface area contributed by atoms with Crippen molar-refractivity contribution < 1.29 is 9.53 Å². The molecule has 1 heterocycles. The molecule has 0 N–H and O–H groups in total. The molecule has 1 aliphatic heterocycles. The summed E-state index contributed by atoms with van der Waals surface area (Å²) in [5.41, 5.74) is 4.26. The fourth-order valence-electron chi connectivity index (χ4n) is 3.13. The largest absolute Gasteiger partial charge is 0.496 e. The van der Waals surface area contributed by atoms with Gasteiger partial charge in [-0.25, -0.2) is 0 Å². The Bertz CT molecular complexity index is 926. The normalized spacial score (nSPS) is 12.1. The standard InChI is InChI=1S/C22H17NO2/c1-25-21-13-7-4-10-18(21)22(24)23-19-11-5-2-8-16(19)14-15-17-9-3-6-12-20(17)23/h2-15H,1H3. The van der Waals surface area contributed by atoms with Gasteiger partial charge in [0.1, 0.15) is 5.75 Å². The number of nitrogens with zero attached hydrogens (tertiary/aromatic N) is 1. The number of fused-ring (bicyclic) bond motifs is 2. The van der Waals surface area contributed by atoms with Gasteiger partial charge >= 0.3 is 0 Å². The van der Waals surface area contributed by atoms with Crippen molar-refractivity contribution in [3.8, 4) is 5.75 Å². The zero-order valence-corrected chi connectivity index (χ0v) is 13.8. The molecule has 0 aliphatic carbocycles. The Morgan fingerprint density at radius 1 is 0.760 bits per heavy atom. The van der Waals surface area contributed by atoms with Crippen molar-refractivity contribution >= 4 is 29.4 Å². The summed E-state index contributed by atoms with van der Waals surface area (Å²) in [6.07, 6.45) is 4.09. The first kappa shape index (κ1) is 15.2. The zero-order valence-electron chi connectivity index (χ0n) is 13.8. The van der Waals surface area contributed by atoms with Gasteiger partial charge in [0.05, 0.1) is 24.0 Å². The van der Waals surface area contributed by atoms with Gasteiger partial charge in [0.2, 0.25) is 0 Å². The van der Waals surface area contributed by atoms with Gasteiger partial charge in [-0.05, 0) is 35.4 Å². The maximum Gasteiger partial charge on any atom is 0.266 e. The van der Waals surface area contributed by atoms with E-state index in [9.17, 15) is 4.79 Å². The summed E-state index contributed by atoms with van der Waals surface area (Å²) >= 11 is 0. The van der Waals surface area contributed by atoms with Crippen molar-refractivity contribution in [1.82, 2.24) is 0 Å². The molecule has 3 aromatic carbocycles. The molecule has 25 heavy (non-hydrogen) atoms.